The fourth-order valence-electron chi connectivity index (χ4n) is 3.54. The summed E-state index contributed by atoms with van der Waals surface area (Å²) in [6.45, 7) is 3.18. The molecule has 0 radical (unpaired) electrons. The first-order valence-corrected chi connectivity index (χ1v) is 9.31. The molecule has 4 rings (SSSR count). The van der Waals surface area contributed by atoms with Gasteiger partial charge in [0.25, 0.3) is 0 Å². The molecule has 0 atom stereocenters. The second kappa shape index (κ2) is 7.33. The summed E-state index contributed by atoms with van der Waals surface area (Å²) in [6.07, 6.45) is 1.67. The molecular weight excluding hydrogens is 369 g/mol. The smallest absolute Gasteiger partial charge is 0.336 e. The number of fused-ring (bicyclic) bond motifs is 3. The highest BCUT2D eigenvalue weighted by Crippen LogP contribution is 2.39. The van der Waals surface area contributed by atoms with Crippen LogP contribution in [0.5, 0.6) is 5.75 Å². The molecule has 0 aliphatic carbocycles. The van der Waals surface area contributed by atoms with Crippen molar-refractivity contribution in [2.75, 3.05) is 6.73 Å². The topological polar surface area (TPSA) is 42.7 Å². The van der Waals surface area contributed by atoms with Gasteiger partial charge in [-0.1, -0.05) is 43.1 Å². The van der Waals surface area contributed by atoms with E-state index in [0.29, 0.717) is 35.0 Å². The van der Waals surface area contributed by atoms with Crippen molar-refractivity contribution in [3.63, 3.8) is 0 Å². The van der Waals surface area contributed by atoms with E-state index in [-0.39, 0.29) is 18.2 Å². The highest BCUT2D eigenvalue weighted by Gasteiger charge is 2.25. The van der Waals surface area contributed by atoms with Crippen molar-refractivity contribution in [3.05, 3.63) is 74.3 Å². The molecule has 1 aromatic heterocycles. The highest BCUT2D eigenvalue weighted by atomic mass is 35.5. The fraction of sp³-hybridized carbons (Fsp3) is 0.286. The zero-order valence-electron chi connectivity index (χ0n) is 14.9. The Labute approximate surface area is 161 Å². The van der Waals surface area contributed by atoms with E-state index in [0.717, 1.165) is 29.4 Å². The highest BCUT2D eigenvalue weighted by molar-refractivity contribution is 6.33. The number of halogens is 2. The van der Waals surface area contributed by atoms with E-state index < -0.39 is 0 Å². The zero-order valence-corrected chi connectivity index (χ0v) is 15.7. The largest absolute Gasteiger partial charge is 0.476 e. The second-order valence-electron chi connectivity index (χ2n) is 6.74. The van der Waals surface area contributed by atoms with Gasteiger partial charge in [0.2, 0.25) is 0 Å². The molecule has 140 valence electrons. The van der Waals surface area contributed by atoms with E-state index in [2.05, 4.69) is 6.92 Å². The summed E-state index contributed by atoms with van der Waals surface area (Å²) < 4.78 is 25.4. The summed E-state index contributed by atoms with van der Waals surface area (Å²) in [5.74, 6) is 0.279. The SMILES string of the molecule is CCCc1cc(=O)oc2c3c(c(Cl)cc12)OCN(Cc1ccccc1F)C3. The monoisotopic (exact) mass is 387 g/mol. The number of aryl methyl sites for hydroxylation is 1. The minimum absolute atomic E-state index is 0.254. The number of hydrogen-bond donors (Lipinski definition) is 0. The third-order valence-corrected chi connectivity index (χ3v) is 5.05. The molecule has 0 spiro atoms. The molecule has 1 aliphatic rings. The van der Waals surface area contributed by atoms with Crippen LogP contribution in [0.2, 0.25) is 5.02 Å². The predicted molar refractivity (Wildman–Crippen MR) is 103 cm³/mol. The van der Waals surface area contributed by atoms with Crippen LogP contribution in [0, 0.1) is 5.82 Å². The zero-order chi connectivity index (χ0) is 19.0. The van der Waals surface area contributed by atoms with Crippen molar-refractivity contribution < 1.29 is 13.5 Å². The maximum Gasteiger partial charge on any atom is 0.336 e. The van der Waals surface area contributed by atoms with Crippen molar-refractivity contribution in [3.8, 4) is 5.75 Å². The van der Waals surface area contributed by atoms with E-state index in [4.69, 9.17) is 20.8 Å². The lowest BCUT2D eigenvalue weighted by molar-refractivity contribution is 0.0880. The Balaban J connectivity index is 1.77. The normalized spacial score (nSPS) is 14.2. The standard InChI is InChI=1S/C21H19ClFNO3/c1-2-5-13-8-19(25)27-20-15(13)9-17(22)21-16(20)11-24(12-26-21)10-14-6-3-4-7-18(14)23/h3-4,6-9H,2,5,10-12H2,1H3. The third-order valence-electron chi connectivity index (χ3n) is 4.77. The molecular formula is C21H19ClFNO3. The van der Waals surface area contributed by atoms with Crippen LogP contribution >= 0.6 is 11.6 Å². The summed E-state index contributed by atoms with van der Waals surface area (Å²) in [5, 5.41) is 1.32. The van der Waals surface area contributed by atoms with E-state index in [1.165, 1.54) is 12.1 Å². The van der Waals surface area contributed by atoms with Crippen molar-refractivity contribution in [2.24, 2.45) is 0 Å². The van der Waals surface area contributed by atoms with Gasteiger partial charge in [0.15, 0.2) is 0 Å². The molecule has 0 saturated heterocycles. The van der Waals surface area contributed by atoms with Crippen molar-refractivity contribution in [1.29, 1.82) is 0 Å². The van der Waals surface area contributed by atoms with Crippen LogP contribution in [0.15, 0.2) is 45.6 Å². The average Bonchev–Trinajstić information content (AvgIpc) is 2.65. The molecule has 0 amide bonds. The van der Waals surface area contributed by atoms with Crippen molar-refractivity contribution in [1.82, 2.24) is 4.90 Å². The number of ether oxygens (including phenoxy) is 1. The van der Waals surface area contributed by atoms with Gasteiger partial charge >= 0.3 is 5.63 Å². The molecule has 3 aromatic rings. The lowest BCUT2D eigenvalue weighted by atomic mass is 10.0. The van der Waals surface area contributed by atoms with Gasteiger partial charge in [-0.05, 0) is 24.1 Å². The van der Waals surface area contributed by atoms with Gasteiger partial charge in [0, 0.05) is 30.1 Å². The Morgan fingerprint density at radius 1 is 1.22 bits per heavy atom. The van der Waals surface area contributed by atoms with Crippen LogP contribution in [-0.4, -0.2) is 11.6 Å². The quantitative estimate of drug-likeness (QED) is 0.598. The second-order valence-corrected chi connectivity index (χ2v) is 7.14. The number of nitrogens with zero attached hydrogens (tertiary/aromatic N) is 1. The van der Waals surface area contributed by atoms with Crippen LogP contribution in [0.1, 0.15) is 30.0 Å². The molecule has 27 heavy (non-hydrogen) atoms. The van der Waals surface area contributed by atoms with E-state index in [9.17, 15) is 9.18 Å². The summed E-state index contributed by atoms with van der Waals surface area (Å²) in [5.41, 5.74) is 2.35. The first kappa shape index (κ1) is 18.0. The molecule has 0 saturated carbocycles. The average molecular weight is 388 g/mol. The van der Waals surface area contributed by atoms with Gasteiger partial charge < -0.3 is 9.15 Å². The van der Waals surface area contributed by atoms with Gasteiger partial charge in [0.05, 0.1) is 10.6 Å². The fourth-order valence-corrected chi connectivity index (χ4v) is 3.82. The van der Waals surface area contributed by atoms with Gasteiger partial charge in [-0.3, -0.25) is 4.90 Å². The Bertz CT molecular complexity index is 1060. The molecule has 0 fully saturated rings. The lowest BCUT2D eigenvalue weighted by Crippen LogP contribution is -2.32. The van der Waals surface area contributed by atoms with Crippen LogP contribution in [0.25, 0.3) is 11.0 Å². The third kappa shape index (κ3) is 3.45. The first-order valence-electron chi connectivity index (χ1n) is 8.93. The lowest BCUT2D eigenvalue weighted by Gasteiger charge is -2.30. The Kier molecular flexibility index (Phi) is 4.89. The molecule has 2 heterocycles. The molecule has 1 aliphatic heterocycles. The maximum absolute atomic E-state index is 14.0. The molecule has 2 aromatic carbocycles. The Hall–Kier alpha value is -2.37. The van der Waals surface area contributed by atoms with E-state index >= 15 is 0 Å². The van der Waals surface area contributed by atoms with E-state index in [1.54, 1.807) is 24.3 Å². The Morgan fingerprint density at radius 2 is 2.04 bits per heavy atom. The summed E-state index contributed by atoms with van der Waals surface area (Å²) in [4.78, 5) is 14.0. The number of hydrogen-bond acceptors (Lipinski definition) is 4. The molecule has 0 N–H and O–H groups in total. The summed E-state index contributed by atoms with van der Waals surface area (Å²) in [7, 11) is 0. The molecule has 4 nitrogen and oxygen atoms in total. The Morgan fingerprint density at radius 3 is 2.81 bits per heavy atom. The summed E-state index contributed by atoms with van der Waals surface area (Å²) >= 11 is 6.44. The van der Waals surface area contributed by atoms with Gasteiger partial charge in [-0.25, -0.2) is 9.18 Å². The van der Waals surface area contributed by atoms with Crippen molar-refractivity contribution >= 4 is 22.6 Å². The van der Waals surface area contributed by atoms with Crippen LogP contribution in [0.3, 0.4) is 0 Å². The van der Waals surface area contributed by atoms with Crippen LogP contribution < -0.4 is 10.4 Å². The number of rotatable bonds is 4. The minimum atomic E-state index is -0.387. The van der Waals surface area contributed by atoms with E-state index in [1.807, 2.05) is 4.90 Å². The predicted octanol–water partition coefficient (Wildman–Crippen LogP) is 4.89. The van der Waals surface area contributed by atoms with Gasteiger partial charge in [0.1, 0.15) is 23.9 Å². The number of benzene rings is 2. The van der Waals surface area contributed by atoms with Crippen LogP contribution in [-0.2, 0) is 19.5 Å². The first-order chi connectivity index (χ1) is 13.1. The minimum Gasteiger partial charge on any atom is -0.476 e. The molecule has 0 bridgehead atoms. The van der Waals surface area contributed by atoms with Crippen molar-refractivity contribution in [2.45, 2.75) is 32.9 Å². The summed E-state index contributed by atoms with van der Waals surface area (Å²) in [6, 6.07) is 9.99. The van der Waals surface area contributed by atoms with Crippen LogP contribution in [0.4, 0.5) is 4.39 Å². The maximum atomic E-state index is 14.0. The molecule has 6 heteroatoms. The molecule has 0 unspecified atom stereocenters. The van der Waals surface area contributed by atoms with Gasteiger partial charge in [-0.15, -0.1) is 0 Å². The van der Waals surface area contributed by atoms with Gasteiger partial charge in [-0.2, -0.15) is 0 Å².